The molecule has 0 N–H and O–H groups in total. The third-order valence-electron chi connectivity index (χ3n) is 11.2. The molecule has 0 saturated heterocycles. The van der Waals surface area contributed by atoms with Crippen molar-refractivity contribution in [1.29, 1.82) is 0 Å². The smallest absolute Gasteiger partial charge is 0.0702 e. The van der Waals surface area contributed by atoms with E-state index in [0.29, 0.717) is 22.9 Å². The van der Waals surface area contributed by atoms with Crippen LogP contribution in [0.4, 0.5) is 0 Å². The Bertz CT molecular complexity index is 1050. The summed E-state index contributed by atoms with van der Waals surface area (Å²) in [4.78, 5) is 4.56. The fraction of sp³-hybridized carbons (Fsp3) is 0.719. The zero-order valence-electron chi connectivity index (χ0n) is 22.1. The topological polar surface area (TPSA) is 22.1 Å². The van der Waals surface area contributed by atoms with E-state index in [9.17, 15) is 0 Å². The van der Waals surface area contributed by atoms with Crippen molar-refractivity contribution >= 4 is 10.9 Å². The number of fused-ring (bicyclic) bond motifs is 6. The Morgan fingerprint density at radius 3 is 2.50 bits per heavy atom. The van der Waals surface area contributed by atoms with E-state index in [1.165, 1.54) is 63.2 Å². The molecule has 0 unspecified atom stereocenters. The quantitative estimate of drug-likeness (QED) is 0.449. The van der Waals surface area contributed by atoms with Crippen LogP contribution >= 0.6 is 0 Å². The highest BCUT2D eigenvalue weighted by Crippen LogP contribution is 2.69. The van der Waals surface area contributed by atoms with Crippen LogP contribution in [0.5, 0.6) is 0 Å². The lowest BCUT2D eigenvalue weighted by atomic mass is 9.44. The molecule has 4 fully saturated rings. The molecular weight excluding hydrogens is 414 g/mol. The Balaban J connectivity index is 1.23. The fourth-order valence-corrected chi connectivity index (χ4v) is 9.68. The lowest BCUT2D eigenvalue weighted by Gasteiger charge is -2.61. The van der Waals surface area contributed by atoms with Gasteiger partial charge in [-0.2, -0.15) is 0 Å². The van der Waals surface area contributed by atoms with Crippen LogP contribution in [0.3, 0.4) is 0 Å². The standard InChI is InChI=1S/C32H45NO/c1-30(2,3)34-24-14-16-31(4)23(20-24)9-10-25-27-12-11-26(32(27,5)17-15-28(25)31)21-8-13-29-22(19-21)7-6-18-33-29/h6-8,13,18-19,23-28H,9-12,14-17,20H2,1-5H3/t23-,24-,25-,26+,27-,28-,31-,32+/m0/s1. The zero-order valence-corrected chi connectivity index (χ0v) is 22.1. The molecule has 1 aromatic heterocycles. The number of hydrogen-bond acceptors (Lipinski definition) is 2. The van der Waals surface area contributed by atoms with Gasteiger partial charge in [0.2, 0.25) is 0 Å². The van der Waals surface area contributed by atoms with Crippen LogP contribution in [0.2, 0.25) is 0 Å². The molecule has 0 spiro atoms. The van der Waals surface area contributed by atoms with Gasteiger partial charge in [0, 0.05) is 11.6 Å². The van der Waals surface area contributed by atoms with Crippen molar-refractivity contribution in [1.82, 2.24) is 4.98 Å². The van der Waals surface area contributed by atoms with Crippen LogP contribution in [0, 0.1) is 34.5 Å². The van der Waals surface area contributed by atoms with Crippen molar-refractivity contribution in [3.63, 3.8) is 0 Å². The van der Waals surface area contributed by atoms with Crippen molar-refractivity contribution < 1.29 is 4.74 Å². The summed E-state index contributed by atoms with van der Waals surface area (Å²) in [6.45, 7) is 12.0. The maximum absolute atomic E-state index is 6.48. The summed E-state index contributed by atoms with van der Waals surface area (Å²) in [7, 11) is 0. The van der Waals surface area contributed by atoms with Crippen LogP contribution in [-0.2, 0) is 4.74 Å². The second-order valence-electron chi connectivity index (χ2n) is 13.9. The lowest BCUT2D eigenvalue weighted by Crippen LogP contribution is -2.54. The van der Waals surface area contributed by atoms with Crippen LogP contribution in [0.25, 0.3) is 10.9 Å². The molecule has 6 rings (SSSR count). The van der Waals surface area contributed by atoms with Gasteiger partial charge in [0.05, 0.1) is 17.2 Å². The molecule has 0 radical (unpaired) electrons. The average Bonchev–Trinajstić information content (AvgIpc) is 3.15. The molecule has 184 valence electrons. The largest absolute Gasteiger partial charge is 0.373 e. The van der Waals surface area contributed by atoms with Crippen LogP contribution < -0.4 is 0 Å². The van der Waals surface area contributed by atoms with Gasteiger partial charge in [-0.3, -0.25) is 4.98 Å². The van der Waals surface area contributed by atoms with Gasteiger partial charge < -0.3 is 4.74 Å². The molecule has 0 amide bonds. The van der Waals surface area contributed by atoms with Gasteiger partial charge in [-0.15, -0.1) is 0 Å². The first kappa shape index (κ1) is 23.0. The van der Waals surface area contributed by atoms with E-state index in [0.717, 1.165) is 29.2 Å². The van der Waals surface area contributed by atoms with Crippen molar-refractivity contribution in [2.24, 2.45) is 34.5 Å². The van der Waals surface area contributed by atoms with Crippen molar-refractivity contribution in [3.8, 4) is 0 Å². The predicted octanol–water partition coefficient (Wildman–Crippen LogP) is 8.54. The van der Waals surface area contributed by atoms with Gasteiger partial charge in [-0.1, -0.05) is 26.0 Å². The van der Waals surface area contributed by atoms with Gasteiger partial charge in [0.1, 0.15) is 0 Å². The summed E-state index contributed by atoms with van der Waals surface area (Å²) in [5, 5.41) is 1.31. The molecule has 0 bridgehead atoms. The van der Waals surface area contributed by atoms with Gasteiger partial charge >= 0.3 is 0 Å². The summed E-state index contributed by atoms with van der Waals surface area (Å²) in [6, 6.07) is 11.4. The molecule has 4 aliphatic carbocycles. The number of nitrogens with zero attached hydrogens (tertiary/aromatic N) is 1. The summed E-state index contributed by atoms with van der Waals surface area (Å²) in [6.07, 6.45) is 14.9. The average molecular weight is 460 g/mol. The highest BCUT2D eigenvalue weighted by atomic mass is 16.5. The second kappa shape index (κ2) is 8.05. The van der Waals surface area contributed by atoms with E-state index in [1.54, 1.807) is 5.56 Å². The highest BCUT2D eigenvalue weighted by Gasteiger charge is 2.60. The molecule has 1 heterocycles. The first-order valence-electron chi connectivity index (χ1n) is 14.2. The Labute approximate surface area is 207 Å². The molecule has 1 aromatic carbocycles. The number of pyridine rings is 1. The molecule has 0 aliphatic heterocycles. The van der Waals surface area contributed by atoms with E-state index >= 15 is 0 Å². The van der Waals surface area contributed by atoms with Gasteiger partial charge in [-0.25, -0.2) is 0 Å². The number of rotatable bonds is 2. The van der Waals surface area contributed by atoms with E-state index < -0.39 is 0 Å². The monoisotopic (exact) mass is 459 g/mol. The molecule has 2 aromatic rings. The number of ether oxygens (including phenoxy) is 1. The van der Waals surface area contributed by atoms with Gasteiger partial charge in [-0.05, 0) is 143 Å². The Morgan fingerprint density at radius 2 is 1.68 bits per heavy atom. The SMILES string of the molecule is CC(C)(C)O[C@H]1CC[C@@]2(C)[C@@H](CC[C@@H]3[C@@H]2CC[C@]2(C)[C@@H](c4ccc5ncccc5c4)CC[C@@H]32)C1. The second-order valence-corrected chi connectivity index (χ2v) is 13.9. The van der Waals surface area contributed by atoms with Crippen LogP contribution in [0.15, 0.2) is 36.5 Å². The van der Waals surface area contributed by atoms with Crippen LogP contribution in [0.1, 0.15) is 104 Å². The third-order valence-corrected chi connectivity index (χ3v) is 11.2. The first-order valence-corrected chi connectivity index (χ1v) is 14.2. The number of benzene rings is 1. The van der Waals surface area contributed by atoms with E-state index in [4.69, 9.17) is 4.74 Å². The lowest BCUT2D eigenvalue weighted by molar-refractivity contribution is -0.152. The maximum atomic E-state index is 6.48. The summed E-state index contributed by atoms with van der Waals surface area (Å²) in [5.74, 6) is 4.35. The third kappa shape index (κ3) is 3.66. The van der Waals surface area contributed by atoms with E-state index in [1.807, 2.05) is 6.20 Å². The molecular formula is C32H45NO. The number of aromatic nitrogens is 1. The normalized spacial score (nSPS) is 42.1. The minimum atomic E-state index is -0.0139. The number of hydrogen-bond donors (Lipinski definition) is 0. The highest BCUT2D eigenvalue weighted by molar-refractivity contribution is 5.79. The van der Waals surface area contributed by atoms with E-state index in [-0.39, 0.29) is 5.60 Å². The van der Waals surface area contributed by atoms with Gasteiger partial charge in [0.25, 0.3) is 0 Å². The molecule has 4 aliphatic rings. The minimum Gasteiger partial charge on any atom is -0.373 e. The van der Waals surface area contributed by atoms with Gasteiger partial charge in [0.15, 0.2) is 0 Å². The first-order chi connectivity index (χ1) is 16.2. The zero-order chi connectivity index (χ0) is 23.7. The molecule has 8 atom stereocenters. The Morgan fingerprint density at radius 1 is 0.882 bits per heavy atom. The summed E-state index contributed by atoms with van der Waals surface area (Å²) in [5.41, 5.74) is 3.69. The van der Waals surface area contributed by atoms with E-state index in [2.05, 4.69) is 69.9 Å². The van der Waals surface area contributed by atoms with Crippen LogP contribution in [-0.4, -0.2) is 16.7 Å². The minimum absolute atomic E-state index is 0.0139. The maximum Gasteiger partial charge on any atom is 0.0702 e. The summed E-state index contributed by atoms with van der Waals surface area (Å²) >= 11 is 0. The molecule has 2 heteroatoms. The van der Waals surface area contributed by atoms with Crippen molar-refractivity contribution in [2.45, 2.75) is 110 Å². The van der Waals surface area contributed by atoms with Crippen molar-refractivity contribution in [3.05, 3.63) is 42.1 Å². The molecule has 2 nitrogen and oxygen atoms in total. The Kier molecular flexibility index (Phi) is 5.45. The van der Waals surface area contributed by atoms with Crippen molar-refractivity contribution in [2.75, 3.05) is 0 Å². The molecule has 4 saturated carbocycles. The fourth-order valence-electron chi connectivity index (χ4n) is 9.68. The predicted molar refractivity (Wildman–Crippen MR) is 141 cm³/mol. The Hall–Kier alpha value is -1.41. The molecule has 34 heavy (non-hydrogen) atoms. The summed E-state index contributed by atoms with van der Waals surface area (Å²) < 4.78 is 6.48.